The maximum Gasteiger partial charge on any atom is 0.335 e. The van der Waals surface area contributed by atoms with Crippen molar-refractivity contribution in [2.45, 2.75) is 63.1 Å². The van der Waals surface area contributed by atoms with Crippen molar-refractivity contribution in [2.24, 2.45) is 5.41 Å². The van der Waals surface area contributed by atoms with Crippen molar-refractivity contribution in [1.82, 2.24) is 30.8 Å². The number of halogens is 2. The molecule has 8 rings (SSSR count). The highest BCUT2D eigenvalue weighted by Gasteiger charge is 2.63. The van der Waals surface area contributed by atoms with Crippen molar-refractivity contribution in [3.63, 3.8) is 0 Å². The van der Waals surface area contributed by atoms with E-state index in [0.29, 0.717) is 54.2 Å². The van der Waals surface area contributed by atoms with Crippen molar-refractivity contribution >= 4 is 52.4 Å². The number of likely N-dealkylation sites (tertiary alicyclic amines) is 1. The number of anilines is 2. The highest BCUT2D eigenvalue weighted by atomic mass is 35.5. The van der Waals surface area contributed by atoms with E-state index in [0.717, 1.165) is 40.8 Å². The fourth-order valence-corrected chi connectivity index (χ4v) is 9.87. The summed E-state index contributed by atoms with van der Waals surface area (Å²) in [5.74, 6) is -1.03. The number of ether oxygens (including phenoxy) is 1. The summed E-state index contributed by atoms with van der Waals surface area (Å²) in [7, 11) is 1.44. The van der Waals surface area contributed by atoms with E-state index in [4.69, 9.17) is 27.9 Å². The van der Waals surface area contributed by atoms with Gasteiger partial charge in [0.25, 0.3) is 0 Å². The minimum absolute atomic E-state index is 0.0371. The van der Waals surface area contributed by atoms with Crippen molar-refractivity contribution in [1.29, 1.82) is 0 Å². The molecule has 4 heterocycles. The Morgan fingerprint density at radius 3 is 2.43 bits per heavy atom. The number of hydrogen-bond donors (Lipinski definition) is 4. The van der Waals surface area contributed by atoms with Crippen LogP contribution >= 0.6 is 23.2 Å². The van der Waals surface area contributed by atoms with E-state index >= 15 is 0 Å². The number of H-pyrrole nitrogens is 1. The van der Waals surface area contributed by atoms with Crippen LogP contribution in [-0.4, -0.2) is 87.2 Å². The number of carbonyl (C=O) groups excluding carboxylic acids is 2. The number of nitrogens with zero attached hydrogens (tertiary/aromatic N) is 5. The number of piperidine rings is 1. The molecule has 4 N–H and O–H groups in total. The number of nitrogens with one attached hydrogen (secondary N) is 3. The van der Waals surface area contributed by atoms with E-state index in [-0.39, 0.29) is 34.6 Å². The molecule has 1 aromatic heterocycles. The summed E-state index contributed by atoms with van der Waals surface area (Å²) in [5.41, 5.74) is 4.29. The standard InChI is InChI=1S/C43H44Cl2N8O5/c1-25(54)52-18-16-42(2,17-19-52)22-36-43(24-53(34-15-13-29(44)21-31(34)43)23-26-8-10-27(11-9-26)39-48-50-51-49-39)37(30-6-4-5-7-32(30)45)38(47-36)40(55)46-33-14-12-28(41(56)57)20-35(33)58-3/h4-15,20-21,36-38,47H,16-19,22-24H2,1-3H3,(H,46,55)(H,56,57)(H,48,49,50,51)/t36-,37-,38+,43-/m0/s1. The van der Waals surface area contributed by atoms with Crippen LogP contribution < -0.4 is 20.3 Å². The molecule has 0 unspecified atom stereocenters. The predicted molar refractivity (Wildman–Crippen MR) is 221 cm³/mol. The third-order valence-corrected chi connectivity index (χ3v) is 13.0. The van der Waals surface area contributed by atoms with Gasteiger partial charge in [-0.1, -0.05) is 72.6 Å². The van der Waals surface area contributed by atoms with Crippen LogP contribution in [0, 0.1) is 5.41 Å². The maximum atomic E-state index is 15.0. The van der Waals surface area contributed by atoms with E-state index in [1.807, 2.05) is 53.4 Å². The SMILES string of the molecule is COc1cc(C(=O)O)ccc1NC(=O)[C@@H]1N[C@@H](CC2(C)CCN(C(C)=O)CC2)[C@@]2(CN(Cc3ccc(-c4nnn[nH]4)cc3)c3ccc(Cl)cc32)[C@H]1c1ccccc1Cl. The Morgan fingerprint density at radius 1 is 1.00 bits per heavy atom. The van der Waals surface area contributed by atoms with Gasteiger partial charge in [0.15, 0.2) is 5.82 Å². The summed E-state index contributed by atoms with van der Waals surface area (Å²) in [6.45, 7) is 6.32. The maximum absolute atomic E-state index is 15.0. The number of rotatable bonds is 10. The number of aromatic carboxylic acids is 1. The molecule has 0 radical (unpaired) electrons. The van der Waals surface area contributed by atoms with Crippen LogP contribution in [0.25, 0.3) is 11.4 Å². The van der Waals surface area contributed by atoms with E-state index in [1.54, 1.807) is 13.0 Å². The number of aromatic nitrogens is 4. The highest BCUT2D eigenvalue weighted by Crippen LogP contribution is 2.59. The fourth-order valence-electron chi connectivity index (χ4n) is 9.44. The molecule has 2 saturated heterocycles. The highest BCUT2D eigenvalue weighted by molar-refractivity contribution is 6.31. The Labute approximate surface area is 346 Å². The quantitative estimate of drug-likeness (QED) is 0.116. The number of tetrazole rings is 1. The summed E-state index contributed by atoms with van der Waals surface area (Å²) in [4.78, 5) is 43.4. The van der Waals surface area contributed by atoms with Gasteiger partial charge in [-0.25, -0.2) is 9.89 Å². The number of benzene rings is 4. The second-order valence-electron chi connectivity index (χ2n) is 15.9. The predicted octanol–water partition coefficient (Wildman–Crippen LogP) is 6.94. The molecule has 4 aromatic carbocycles. The minimum Gasteiger partial charge on any atom is -0.495 e. The molecule has 13 nitrogen and oxygen atoms in total. The monoisotopic (exact) mass is 822 g/mol. The molecule has 0 saturated carbocycles. The van der Waals surface area contributed by atoms with Crippen molar-refractivity contribution in [3.05, 3.63) is 117 Å². The molecule has 0 bridgehead atoms. The third-order valence-electron chi connectivity index (χ3n) is 12.4. The molecular weight excluding hydrogens is 779 g/mol. The first-order valence-electron chi connectivity index (χ1n) is 19.3. The van der Waals surface area contributed by atoms with Crippen LogP contribution in [0.3, 0.4) is 0 Å². The summed E-state index contributed by atoms with van der Waals surface area (Å²) in [6.07, 6.45) is 2.32. The van der Waals surface area contributed by atoms with Crippen LogP contribution in [0.2, 0.25) is 10.0 Å². The first-order chi connectivity index (χ1) is 27.9. The lowest BCUT2D eigenvalue weighted by Crippen LogP contribution is -2.50. The number of aromatic amines is 1. The van der Waals surface area contributed by atoms with Gasteiger partial charge < -0.3 is 30.3 Å². The Balaban J connectivity index is 1.24. The average Bonchev–Trinajstić information content (AvgIpc) is 3.93. The van der Waals surface area contributed by atoms with Gasteiger partial charge in [0.1, 0.15) is 5.75 Å². The molecule has 1 spiro atoms. The number of methoxy groups -OCH3 is 1. The van der Waals surface area contributed by atoms with Crippen LogP contribution in [0.5, 0.6) is 5.75 Å². The second-order valence-corrected chi connectivity index (χ2v) is 16.8. The number of fused-ring (bicyclic) bond motifs is 2. The molecule has 5 aromatic rings. The van der Waals surface area contributed by atoms with Crippen molar-refractivity contribution in [2.75, 3.05) is 37.0 Å². The van der Waals surface area contributed by atoms with Gasteiger partial charge in [-0.3, -0.25) is 9.59 Å². The lowest BCUT2D eigenvalue weighted by atomic mass is 9.61. The van der Waals surface area contributed by atoms with Crippen LogP contribution in [-0.2, 0) is 21.5 Å². The van der Waals surface area contributed by atoms with Gasteiger partial charge in [0, 0.05) is 71.8 Å². The van der Waals surface area contributed by atoms with Gasteiger partial charge >= 0.3 is 5.97 Å². The smallest absolute Gasteiger partial charge is 0.335 e. The van der Waals surface area contributed by atoms with Crippen LogP contribution in [0.1, 0.15) is 66.1 Å². The summed E-state index contributed by atoms with van der Waals surface area (Å²) >= 11 is 14.1. The number of carboxylic acid groups (broad SMARTS) is 1. The number of amides is 2. The molecule has 4 atom stereocenters. The fraction of sp³-hybridized carbons (Fsp3) is 0.349. The molecule has 3 aliphatic heterocycles. The first-order valence-corrected chi connectivity index (χ1v) is 20.0. The zero-order valence-electron chi connectivity index (χ0n) is 32.3. The first kappa shape index (κ1) is 39.3. The van der Waals surface area contributed by atoms with Gasteiger partial charge in [-0.15, -0.1) is 5.10 Å². The lowest BCUT2D eigenvalue weighted by Gasteiger charge is -2.45. The Bertz CT molecular complexity index is 2350. The third kappa shape index (κ3) is 7.27. The Hall–Kier alpha value is -5.50. The number of hydrogen-bond acceptors (Lipinski definition) is 9. The van der Waals surface area contributed by atoms with Gasteiger partial charge in [-0.05, 0) is 94.3 Å². The number of carbonyl (C=O) groups is 3. The molecule has 58 heavy (non-hydrogen) atoms. The molecule has 0 aliphatic carbocycles. The average molecular weight is 824 g/mol. The van der Waals surface area contributed by atoms with Crippen LogP contribution in [0.15, 0.2) is 84.9 Å². The van der Waals surface area contributed by atoms with E-state index in [9.17, 15) is 19.5 Å². The molecule has 3 aliphatic rings. The van der Waals surface area contributed by atoms with Crippen LogP contribution in [0.4, 0.5) is 11.4 Å². The molecular formula is C43H44Cl2N8O5. The van der Waals surface area contributed by atoms with Gasteiger partial charge in [0.2, 0.25) is 11.8 Å². The molecule has 300 valence electrons. The zero-order valence-corrected chi connectivity index (χ0v) is 33.8. The molecule has 2 fully saturated rings. The Morgan fingerprint density at radius 2 is 1.76 bits per heavy atom. The topological polar surface area (TPSA) is 166 Å². The van der Waals surface area contributed by atoms with Crippen molar-refractivity contribution in [3.8, 4) is 17.1 Å². The van der Waals surface area contributed by atoms with E-state index in [2.05, 4.69) is 61.3 Å². The molecule has 15 heteroatoms. The van der Waals surface area contributed by atoms with Crippen molar-refractivity contribution < 1.29 is 24.2 Å². The summed E-state index contributed by atoms with van der Waals surface area (Å²) in [5, 5.41) is 32.0. The van der Waals surface area contributed by atoms with E-state index < -0.39 is 23.3 Å². The van der Waals surface area contributed by atoms with Gasteiger partial charge in [-0.2, -0.15) is 0 Å². The zero-order chi connectivity index (χ0) is 40.8. The minimum atomic E-state index is -1.11. The Kier molecular flexibility index (Phi) is 10.6. The molecule has 2 amide bonds. The summed E-state index contributed by atoms with van der Waals surface area (Å²) < 4.78 is 5.56. The van der Waals surface area contributed by atoms with E-state index in [1.165, 1.54) is 19.2 Å². The second kappa shape index (κ2) is 15.7. The lowest BCUT2D eigenvalue weighted by molar-refractivity contribution is -0.131. The summed E-state index contributed by atoms with van der Waals surface area (Å²) in [6, 6.07) is 25.2. The largest absolute Gasteiger partial charge is 0.495 e. The number of carboxylic acids is 1. The van der Waals surface area contributed by atoms with Gasteiger partial charge in [0.05, 0.1) is 24.4 Å². The normalized spacial score (nSPS) is 22.2.